The van der Waals surface area contributed by atoms with Gasteiger partial charge in [0.25, 0.3) is 5.91 Å². The van der Waals surface area contributed by atoms with Gasteiger partial charge < -0.3 is 11.1 Å². The Morgan fingerprint density at radius 1 is 1.12 bits per heavy atom. The van der Waals surface area contributed by atoms with Gasteiger partial charge in [0.15, 0.2) is 0 Å². The molecule has 3 N–H and O–H groups in total. The van der Waals surface area contributed by atoms with Gasteiger partial charge in [-0.3, -0.25) is 4.79 Å². The molecule has 132 valence electrons. The van der Waals surface area contributed by atoms with E-state index in [4.69, 9.17) is 28.9 Å². The van der Waals surface area contributed by atoms with Gasteiger partial charge >= 0.3 is 0 Å². The average Bonchev–Trinajstić information content (AvgIpc) is 2.61. The third kappa shape index (κ3) is 3.64. The number of carbonyl (C=O) groups excluding carboxylic acids is 1. The largest absolute Gasteiger partial charge is 0.383 e. The molecule has 0 bridgehead atoms. The van der Waals surface area contributed by atoms with Gasteiger partial charge in [0, 0.05) is 11.8 Å². The smallest absolute Gasteiger partial charge is 0.259 e. The van der Waals surface area contributed by atoms with E-state index in [1.54, 1.807) is 24.3 Å². The summed E-state index contributed by atoms with van der Waals surface area (Å²) >= 11 is 12.0. The minimum Gasteiger partial charge on any atom is -0.383 e. The van der Waals surface area contributed by atoms with Gasteiger partial charge in [0.1, 0.15) is 11.6 Å². The molecule has 0 spiro atoms. The fourth-order valence-corrected chi connectivity index (χ4v) is 2.91. The Hall–Kier alpha value is -2.63. The van der Waals surface area contributed by atoms with Crippen molar-refractivity contribution in [3.8, 4) is 11.1 Å². The van der Waals surface area contributed by atoms with Crippen LogP contribution in [0.2, 0.25) is 10.0 Å². The number of rotatable bonds is 3. The molecule has 7 heteroatoms. The molecule has 2 aromatic carbocycles. The number of nitrogens with one attached hydrogen (secondary N) is 1. The quantitative estimate of drug-likeness (QED) is 0.635. The Kier molecular flexibility index (Phi) is 5.11. The highest BCUT2D eigenvalue weighted by atomic mass is 35.5. The van der Waals surface area contributed by atoms with E-state index in [0.29, 0.717) is 21.8 Å². The summed E-state index contributed by atoms with van der Waals surface area (Å²) in [6, 6.07) is 11.2. The van der Waals surface area contributed by atoms with E-state index in [9.17, 15) is 9.18 Å². The summed E-state index contributed by atoms with van der Waals surface area (Å²) in [5.41, 5.74) is 8.57. The molecule has 1 heterocycles. The van der Waals surface area contributed by atoms with Crippen LogP contribution in [0.3, 0.4) is 0 Å². The van der Waals surface area contributed by atoms with Crippen LogP contribution in [0, 0.1) is 12.7 Å². The van der Waals surface area contributed by atoms with Crippen LogP contribution < -0.4 is 11.1 Å². The van der Waals surface area contributed by atoms with Crippen LogP contribution in [0.4, 0.5) is 15.9 Å². The van der Waals surface area contributed by atoms with E-state index in [0.717, 1.165) is 5.56 Å². The lowest BCUT2D eigenvalue weighted by molar-refractivity contribution is 0.102. The first-order chi connectivity index (χ1) is 12.4. The second-order valence-electron chi connectivity index (χ2n) is 5.67. The molecule has 26 heavy (non-hydrogen) atoms. The van der Waals surface area contributed by atoms with Gasteiger partial charge in [-0.25, -0.2) is 9.37 Å². The van der Waals surface area contributed by atoms with Crippen LogP contribution in [0.25, 0.3) is 11.1 Å². The summed E-state index contributed by atoms with van der Waals surface area (Å²) < 4.78 is 13.4. The standard InChI is InChI=1S/C19H14Cl2FN3O/c1-10-3-2-4-14(20)17(10)25-19(26)13-7-12(9-24-18(13)23)11-5-6-16(22)15(21)8-11/h2-9H,1H3,(H2,23,24)(H,25,26). The first-order valence-corrected chi connectivity index (χ1v) is 8.40. The summed E-state index contributed by atoms with van der Waals surface area (Å²) in [4.78, 5) is 16.7. The predicted molar refractivity (Wildman–Crippen MR) is 103 cm³/mol. The summed E-state index contributed by atoms with van der Waals surface area (Å²) in [6.45, 7) is 1.83. The number of nitrogen functional groups attached to an aromatic ring is 1. The van der Waals surface area contributed by atoms with Crippen LogP contribution in [-0.4, -0.2) is 10.9 Å². The molecule has 1 amide bonds. The second-order valence-corrected chi connectivity index (χ2v) is 6.49. The molecule has 0 aliphatic heterocycles. The lowest BCUT2D eigenvalue weighted by Crippen LogP contribution is -2.16. The number of pyridine rings is 1. The Labute approximate surface area is 159 Å². The molecule has 0 atom stereocenters. The Morgan fingerprint density at radius 2 is 1.88 bits per heavy atom. The topological polar surface area (TPSA) is 68.0 Å². The second kappa shape index (κ2) is 7.32. The molecule has 0 saturated heterocycles. The van der Waals surface area contributed by atoms with Crippen LogP contribution in [-0.2, 0) is 0 Å². The lowest BCUT2D eigenvalue weighted by atomic mass is 10.0. The van der Waals surface area contributed by atoms with Gasteiger partial charge in [-0.05, 0) is 42.3 Å². The van der Waals surface area contributed by atoms with Crippen molar-refractivity contribution in [2.45, 2.75) is 6.92 Å². The summed E-state index contributed by atoms with van der Waals surface area (Å²) in [5, 5.41) is 3.16. The number of benzene rings is 2. The molecule has 0 saturated carbocycles. The zero-order chi connectivity index (χ0) is 18.8. The highest BCUT2D eigenvalue weighted by Crippen LogP contribution is 2.29. The maximum Gasteiger partial charge on any atom is 0.259 e. The molecular formula is C19H14Cl2FN3O. The maximum absolute atomic E-state index is 13.4. The third-order valence-corrected chi connectivity index (χ3v) is 4.48. The SMILES string of the molecule is Cc1cccc(Cl)c1NC(=O)c1cc(-c2ccc(F)c(Cl)c2)cnc1N. The number of nitrogens with two attached hydrogens (primary N) is 1. The average molecular weight is 390 g/mol. The number of aryl methyl sites for hydroxylation is 1. The first-order valence-electron chi connectivity index (χ1n) is 7.64. The minimum absolute atomic E-state index is 0.0166. The maximum atomic E-state index is 13.4. The van der Waals surface area contributed by atoms with Crippen molar-refractivity contribution in [1.29, 1.82) is 0 Å². The van der Waals surface area contributed by atoms with Gasteiger partial charge in [-0.2, -0.15) is 0 Å². The fraction of sp³-hybridized carbons (Fsp3) is 0.0526. The van der Waals surface area contributed by atoms with Crippen molar-refractivity contribution in [1.82, 2.24) is 4.98 Å². The van der Waals surface area contributed by atoms with Gasteiger partial charge in [0.05, 0.1) is 21.3 Å². The van der Waals surface area contributed by atoms with Gasteiger partial charge in [0.2, 0.25) is 0 Å². The van der Waals surface area contributed by atoms with E-state index >= 15 is 0 Å². The number of amides is 1. The lowest BCUT2D eigenvalue weighted by Gasteiger charge is -2.12. The van der Waals surface area contributed by atoms with Crippen molar-refractivity contribution < 1.29 is 9.18 Å². The van der Waals surface area contributed by atoms with E-state index < -0.39 is 11.7 Å². The monoisotopic (exact) mass is 389 g/mol. The zero-order valence-electron chi connectivity index (χ0n) is 13.7. The molecule has 3 rings (SSSR count). The first kappa shape index (κ1) is 18.2. The molecule has 0 aliphatic rings. The molecule has 4 nitrogen and oxygen atoms in total. The van der Waals surface area contributed by atoms with Crippen molar-refractivity contribution in [2.24, 2.45) is 0 Å². The van der Waals surface area contributed by atoms with Crippen molar-refractivity contribution in [3.05, 3.63) is 75.7 Å². The summed E-state index contributed by atoms with van der Waals surface area (Å²) in [7, 11) is 0. The van der Waals surface area contributed by atoms with E-state index in [2.05, 4.69) is 10.3 Å². The predicted octanol–water partition coefficient (Wildman–Crippen LogP) is 5.34. The number of anilines is 2. The number of carbonyl (C=O) groups is 1. The highest BCUT2D eigenvalue weighted by Gasteiger charge is 2.16. The normalized spacial score (nSPS) is 10.6. The van der Waals surface area contributed by atoms with Gasteiger partial charge in [-0.15, -0.1) is 0 Å². The highest BCUT2D eigenvalue weighted by molar-refractivity contribution is 6.34. The number of hydrogen-bond acceptors (Lipinski definition) is 3. The number of aromatic nitrogens is 1. The molecule has 0 aliphatic carbocycles. The third-order valence-electron chi connectivity index (χ3n) is 3.88. The van der Waals surface area contributed by atoms with E-state index in [1.807, 2.05) is 13.0 Å². The molecular weight excluding hydrogens is 376 g/mol. The van der Waals surface area contributed by atoms with Crippen LogP contribution in [0.15, 0.2) is 48.7 Å². The number of halogens is 3. The molecule has 0 fully saturated rings. The van der Waals surface area contributed by atoms with Crippen molar-refractivity contribution in [2.75, 3.05) is 11.1 Å². The number of hydrogen-bond donors (Lipinski definition) is 2. The Balaban J connectivity index is 1.97. The number of nitrogens with zero attached hydrogens (tertiary/aromatic N) is 1. The number of para-hydroxylation sites is 1. The molecule has 1 aromatic heterocycles. The van der Waals surface area contributed by atoms with Crippen LogP contribution in [0.5, 0.6) is 0 Å². The van der Waals surface area contributed by atoms with Gasteiger partial charge in [-0.1, -0.05) is 41.4 Å². The van der Waals surface area contributed by atoms with Crippen LogP contribution in [0.1, 0.15) is 15.9 Å². The van der Waals surface area contributed by atoms with Crippen molar-refractivity contribution in [3.63, 3.8) is 0 Å². The van der Waals surface area contributed by atoms with Crippen molar-refractivity contribution >= 4 is 40.6 Å². The minimum atomic E-state index is -0.522. The summed E-state index contributed by atoms with van der Waals surface area (Å²) in [6.07, 6.45) is 1.50. The molecule has 0 radical (unpaired) electrons. The Morgan fingerprint density at radius 3 is 2.58 bits per heavy atom. The Bertz CT molecular complexity index is 988. The van der Waals surface area contributed by atoms with E-state index in [1.165, 1.54) is 18.3 Å². The molecule has 3 aromatic rings. The zero-order valence-corrected chi connectivity index (χ0v) is 15.2. The van der Waals surface area contributed by atoms with Crippen LogP contribution >= 0.6 is 23.2 Å². The molecule has 0 unspecified atom stereocenters. The van der Waals surface area contributed by atoms with E-state index in [-0.39, 0.29) is 16.4 Å². The summed E-state index contributed by atoms with van der Waals surface area (Å²) in [5.74, 6) is -0.892. The fourth-order valence-electron chi connectivity index (χ4n) is 2.46.